The molecule has 3 N–H and O–H groups in total. The molecule has 17 heavy (non-hydrogen) atoms. The number of aromatic nitrogens is 3. The van der Waals surface area contributed by atoms with Gasteiger partial charge in [-0.25, -0.2) is 4.98 Å². The van der Waals surface area contributed by atoms with Gasteiger partial charge in [-0.15, -0.1) is 0 Å². The number of nitriles is 1. The molecule has 0 aliphatic carbocycles. The largest absolute Gasteiger partial charge is 0.395 e. The van der Waals surface area contributed by atoms with Crippen LogP contribution < -0.4 is 11.1 Å². The zero-order valence-corrected chi connectivity index (χ0v) is 9.17. The minimum absolute atomic E-state index is 0.385. The van der Waals surface area contributed by atoms with Crippen LogP contribution in [0.25, 0.3) is 0 Å². The van der Waals surface area contributed by atoms with E-state index in [1.807, 2.05) is 18.3 Å². The normalized spacial score (nSPS) is 9.82. The monoisotopic (exact) mass is 228 g/mol. The number of nitrogens with zero attached hydrogens (tertiary/aromatic N) is 4. The highest BCUT2D eigenvalue weighted by molar-refractivity contribution is 5.68. The third kappa shape index (κ3) is 2.52. The van der Waals surface area contributed by atoms with E-state index in [4.69, 9.17) is 11.0 Å². The number of pyridine rings is 1. The van der Waals surface area contributed by atoms with Crippen molar-refractivity contribution in [1.82, 2.24) is 14.8 Å². The average molecular weight is 228 g/mol. The van der Waals surface area contributed by atoms with Crippen molar-refractivity contribution in [3.8, 4) is 6.07 Å². The number of anilines is 2. The van der Waals surface area contributed by atoms with Gasteiger partial charge in [0.2, 0.25) is 0 Å². The third-order valence-electron chi connectivity index (χ3n) is 2.30. The summed E-state index contributed by atoms with van der Waals surface area (Å²) >= 11 is 0. The molecule has 0 radical (unpaired) electrons. The topological polar surface area (TPSA) is 92.5 Å². The lowest BCUT2D eigenvalue weighted by molar-refractivity contribution is 0.637. The van der Waals surface area contributed by atoms with Crippen LogP contribution in [-0.4, -0.2) is 21.3 Å². The number of nitrogens with one attached hydrogen (secondary N) is 1. The Morgan fingerprint density at radius 1 is 1.47 bits per heavy atom. The van der Waals surface area contributed by atoms with E-state index in [1.165, 1.54) is 0 Å². The van der Waals surface area contributed by atoms with Gasteiger partial charge in [0.1, 0.15) is 6.07 Å². The molecule has 6 nitrogen and oxygen atoms in total. The fourth-order valence-electron chi connectivity index (χ4n) is 1.43. The van der Waals surface area contributed by atoms with Crippen LogP contribution in [0, 0.1) is 11.3 Å². The maximum Gasteiger partial charge on any atom is 0.150 e. The van der Waals surface area contributed by atoms with Crippen LogP contribution in [0.15, 0.2) is 30.7 Å². The Bertz CT molecular complexity index is 525. The van der Waals surface area contributed by atoms with Gasteiger partial charge in [0, 0.05) is 25.1 Å². The zero-order valence-electron chi connectivity index (χ0n) is 9.17. The summed E-state index contributed by atoms with van der Waals surface area (Å²) in [5.41, 5.74) is 6.60. The van der Waals surface area contributed by atoms with E-state index < -0.39 is 0 Å². The van der Waals surface area contributed by atoms with E-state index in [9.17, 15) is 0 Å². The van der Waals surface area contributed by atoms with Crippen molar-refractivity contribution in [3.05, 3.63) is 36.3 Å². The molecule has 0 saturated carbocycles. The van der Waals surface area contributed by atoms with Gasteiger partial charge in [-0.05, 0) is 12.1 Å². The molecule has 0 unspecified atom stereocenters. The average Bonchev–Trinajstić information content (AvgIpc) is 2.84. The number of nitrogen functional groups attached to an aromatic ring is 1. The van der Waals surface area contributed by atoms with Crippen LogP contribution in [0.3, 0.4) is 0 Å². The van der Waals surface area contributed by atoms with Gasteiger partial charge in [0.25, 0.3) is 0 Å². The predicted molar refractivity (Wildman–Crippen MR) is 64.1 cm³/mol. The van der Waals surface area contributed by atoms with Crippen molar-refractivity contribution in [3.63, 3.8) is 0 Å². The smallest absolute Gasteiger partial charge is 0.150 e. The molecule has 86 valence electrons. The summed E-state index contributed by atoms with van der Waals surface area (Å²) < 4.78 is 1.80. The first-order valence-electron chi connectivity index (χ1n) is 5.17. The second-order valence-corrected chi connectivity index (χ2v) is 3.43. The maximum absolute atomic E-state index is 8.82. The zero-order chi connectivity index (χ0) is 12.1. The molecule has 0 aliphatic rings. The van der Waals surface area contributed by atoms with Gasteiger partial charge in [-0.1, -0.05) is 0 Å². The molecule has 0 fully saturated rings. The Morgan fingerprint density at radius 3 is 3.06 bits per heavy atom. The summed E-state index contributed by atoms with van der Waals surface area (Å²) in [5, 5.41) is 16.0. The molecule has 0 aromatic carbocycles. The summed E-state index contributed by atoms with van der Waals surface area (Å²) in [6.07, 6.45) is 5.16. The molecule has 0 atom stereocenters. The number of rotatable bonds is 4. The molecule has 0 bridgehead atoms. The Kier molecular flexibility index (Phi) is 3.21. The Morgan fingerprint density at radius 2 is 2.35 bits per heavy atom. The second-order valence-electron chi connectivity index (χ2n) is 3.43. The van der Waals surface area contributed by atoms with Crippen LogP contribution >= 0.6 is 0 Å². The van der Waals surface area contributed by atoms with Gasteiger partial charge >= 0.3 is 0 Å². The molecular formula is C11H12N6. The molecule has 0 spiro atoms. The van der Waals surface area contributed by atoms with E-state index in [-0.39, 0.29) is 0 Å². The van der Waals surface area contributed by atoms with Gasteiger partial charge in [-0.2, -0.15) is 10.4 Å². The van der Waals surface area contributed by atoms with Gasteiger partial charge < -0.3 is 11.1 Å². The molecule has 2 aromatic rings. The molecule has 2 aromatic heterocycles. The van der Waals surface area contributed by atoms with Crippen molar-refractivity contribution < 1.29 is 0 Å². The van der Waals surface area contributed by atoms with Crippen LogP contribution in [0.1, 0.15) is 5.56 Å². The first-order chi connectivity index (χ1) is 8.31. The first kappa shape index (κ1) is 11.0. The van der Waals surface area contributed by atoms with E-state index in [2.05, 4.69) is 15.4 Å². The van der Waals surface area contributed by atoms with Crippen molar-refractivity contribution in [2.45, 2.75) is 6.54 Å². The SMILES string of the molecule is N#Cc1ccnc(NCCn2cccn2)c1N. The lowest BCUT2D eigenvalue weighted by atomic mass is 10.2. The Labute approximate surface area is 98.7 Å². The first-order valence-corrected chi connectivity index (χ1v) is 5.17. The van der Waals surface area contributed by atoms with Gasteiger partial charge in [-0.3, -0.25) is 4.68 Å². The predicted octanol–water partition coefficient (Wildman–Crippen LogP) is 0.844. The summed E-state index contributed by atoms with van der Waals surface area (Å²) in [6, 6.07) is 5.47. The van der Waals surface area contributed by atoms with Crippen LogP contribution in [0.5, 0.6) is 0 Å². The second kappa shape index (κ2) is 4.99. The number of hydrogen-bond donors (Lipinski definition) is 2. The Hall–Kier alpha value is -2.55. The maximum atomic E-state index is 8.82. The summed E-state index contributed by atoms with van der Waals surface area (Å²) in [5.74, 6) is 0.538. The van der Waals surface area contributed by atoms with E-state index >= 15 is 0 Å². The van der Waals surface area contributed by atoms with E-state index in [0.717, 1.165) is 0 Å². The van der Waals surface area contributed by atoms with Crippen LogP contribution in [-0.2, 0) is 6.54 Å². The third-order valence-corrected chi connectivity index (χ3v) is 2.30. The molecule has 2 heterocycles. The molecule has 0 saturated heterocycles. The fraction of sp³-hybridized carbons (Fsp3) is 0.182. The van der Waals surface area contributed by atoms with Gasteiger partial charge in [0.05, 0.1) is 17.8 Å². The Balaban J connectivity index is 1.98. The van der Waals surface area contributed by atoms with E-state index in [0.29, 0.717) is 30.2 Å². The molecule has 0 aliphatic heterocycles. The standard InChI is InChI=1S/C11H12N6/c12-8-9-2-4-14-11(10(9)13)15-5-7-17-6-1-3-16-17/h1-4,6H,5,7,13H2,(H,14,15). The van der Waals surface area contributed by atoms with Crippen molar-refractivity contribution in [1.29, 1.82) is 5.26 Å². The van der Waals surface area contributed by atoms with Gasteiger partial charge in [0.15, 0.2) is 5.82 Å². The molecular weight excluding hydrogens is 216 g/mol. The highest BCUT2D eigenvalue weighted by Gasteiger charge is 2.04. The molecule has 2 rings (SSSR count). The number of nitrogens with two attached hydrogens (primary N) is 1. The van der Waals surface area contributed by atoms with Crippen LogP contribution in [0.4, 0.5) is 11.5 Å². The van der Waals surface area contributed by atoms with Crippen molar-refractivity contribution in [2.24, 2.45) is 0 Å². The van der Waals surface area contributed by atoms with Crippen molar-refractivity contribution >= 4 is 11.5 Å². The quantitative estimate of drug-likeness (QED) is 0.809. The molecule has 6 heteroatoms. The van der Waals surface area contributed by atoms with Crippen molar-refractivity contribution in [2.75, 3.05) is 17.6 Å². The molecule has 0 amide bonds. The highest BCUT2D eigenvalue weighted by Crippen LogP contribution is 2.18. The summed E-state index contributed by atoms with van der Waals surface area (Å²) in [7, 11) is 0. The highest BCUT2D eigenvalue weighted by atomic mass is 15.3. The lowest BCUT2D eigenvalue weighted by Gasteiger charge is -2.08. The lowest BCUT2D eigenvalue weighted by Crippen LogP contribution is -2.13. The van der Waals surface area contributed by atoms with E-state index in [1.54, 1.807) is 23.1 Å². The summed E-state index contributed by atoms with van der Waals surface area (Å²) in [6.45, 7) is 1.36. The van der Waals surface area contributed by atoms with Crippen LogP contribution in [0.2, 0.25) is 0 Å². The number of hydrogen-bond acceptors (Lipinski definition) is 5. The summed E-state index contributed by atoms with van der Waals surface area (Å²) in [4.78, 5) is 4.09. The minimum atomic E-state index is 0.385. The minimum Gasteiger partial charge on any atom is -0.395 e. The fourth-order valence-corrected chi connectivity index (χ4v) is 1.43.